The van der Waals surface area contributed by atoms with Crippen LogP contribution in [0.25, 0.3) is 11.4 Å². The molecule has 1 unspecified atom stereocenters. The van der Waals surface area contributed by atoms with Gasteiger partial charge in [0.1, 0.15) is 5.75 Å². The molecule has 2 aromatic carbocycles. The van der Waals surface area contributed by atoms with E-state index in [1.165, 1.54) is 28.9 Å². The fourth-order valence-electron chi connectivity index (χ4n) is 2.39. The van der Waals surface area contributed by atoms with Crippen molar-refractivity contribution in [3.8, 4) is 17.1 Å². The normalized spacial score (nSPS) is 12.1. The van der Waals surface area contributed by atoms with Crippen molar-refractivity contribution in [1.29, 1.82) is 0 Å². The number of hydrogen-bond donors (Lipinski definition) is 2. The fourth-order valence-corrected chi connectivity index (χ4v) is 3.66. The summed E-state index contributed by atoms with van der Waals surface area (Å²) in [7, 11) is 0. The molecule has 0 fully saturated rings. The minimum atomic E-state index is -2.91. The number of benzene rings is 2. The van der Waals surface area contributed by atoms with Gasteiger partial charge in [-0.25, -0.2) is 4.68 Å². The van der Waals surface area contributed by atoms with Gasteiger partial charge in [0.05, 0.1) is 21.0 Å². The first kappa shape index (κ1) is 22.1. The molecule has 1 atom stereocenters. The van der Waals surface area contributed by atoms with Crippen LogP contribution in [0, 0.1) is 0 Å². The van der Waals surface area contributed by atoms with Gasteiger partial charge in [0.25, 0.3) is 0 Å². The molecule has 0 radical (unpaired) electrons. The second-order valence-corrected chi connectivity index (χ2v) is 8.05. The number of nitrogens with two attached hydrogens (primary N) is 1. The van der Waals surface area contributed by atoms with Gasteiger partial charge in [0, 0.05) is 5.56 Å². The zero-order valence-electron chi connectivity index (χ0n) is 15.4. The van der Waals surface area contributed by atoms with Crippen molar-refractivity contribution >= 4 is 46.6 Å². The molecule has 1 heterocycles. The van der Waals surface area contributed by atoms with Gasteiger partial charge >= 0.3 is 6.61 Å². The van der Waals surface area contributed by atoms with Crippen molar-refractivity contribution in [2.45, 2.75) is 23.9 Å². The molecule has 158 valence electrons. The van der Waals surface area contributed by atoms with Crippen LogP contribution in [0.4, 0.5) is 14.5 Å². The van der Waals surface area contributed by atoms with Crippen LogP contribution in [-0.2, 0) is 4.79 Å². The molecule has 3 rings (SSSR count). The summed E-state index contributed by atoms with van der Waals surface area (Å²) >= 11 is 13.2. The molecule has 0 saturated heterocycles. The summed E-state index contributed by atoms with van der Waals surface area (Å²) in [6.07, 6.45) is 0. The van der Waals surface area contributed by atoms with Gasteiger partial charge < -0.3 is 15.9 Å². The quantitative estimate of drug-likeness (QED) is 0.381. The molecule has 0 bridgehead atoms. The van der Waals surface area contributed by atoms with Crippen LogP contribution in [-0.4, -0.2) is 32.6 Å². The number of carbonyl (C=O) groups excluding carboxylic acids is 1. The predicted molar refractivity (Wildman–Crippen MR) is 113 cm³/mol. The highest BCUT2D eigenvalue weighted by Crippen LogP contribution is 2.31. The van der Waals surface area contributed by atoms with Crippen LogP contribution in [0.2, 0.25) is 10.0 Å². The molecule has 3 N–H and O–H groups in total. The number of nitrogens with one attached hydrogen (secondary N) is 1. The number of thioether (sulfide) groups is 1. The summed E-state index contributed by atoms with van der Waals surface area (Å²) < 4.78 is 30.0. The number of ether oxygens (including phenoxy) is 1. The van der Waals surface area contributed by atoms with Gasteiger partial charge in [0.15, 0.2) is 5.82 Å². The Kier molecular flexibility index (Phi) is 7.01. The molecular formula is C18H15Cl2F2N5O2S. The summed E-state index contributed by atoms with van der Waals surface area (Å²) in [5.74, 6) is 6.00. The second kappa shape index (κ2) is 9.50. The van der Waals surface area contributed by atoms with Gasteiger partial charge in [-0.1, -0.05) is 41.0 Å². The summed E-state index contributed by atoms with van der Waals surface area (Å²) in [5, 5.41) is 11.0. The molecule has 7 nitrogen and oxygen atoms in total. The number of anilines is 1. The Morgan fingerprint density at radius 3 is 2.40 bits per heavy atom. The Hall–Kier alpha value is -2.56. The lowest BCUT2D eigenvalue weighted by molar-refractivity contribution is -0.115. The summed E-state index contributed by atoms with van der Waals surface area (Å²) in [5.41, 5.74) is 0.859. The minimum absolute atomic E-state index is 0.00922. The average Bonchev–Trinajstić information content (AvgIpc) is 3.05. The van der Waals surface area contributed by atoms with E-state index >= 15 is 0 Å². The number of rotatable bonds is 7. The first-order valence-electron chi connectivity index (χ1n) is 8.43. The van der Waals surface area contributed by atoms with Crippen LogP contribution in [0.5, 0.6) is 5.75 Å². The van der Waals surface area contributed by atoms with E-state index in [1.54, 1.807) is 25.1 Å². The first-order chi connectivity index (χ1) is 14.3. The number of carbonyl (C=O) groups is 1. The van der Waals surface area contributed by atoms with Crippen LogP contribution in [0.3, 0.4) is 0 Å². The van der Waals surface area contributed by atoms with Gasteiger partial charge in [-0.15, -0.1) is 10.2 Å². The molecule has 0 aliphatic heterocycles. The van der Waals surface area contributed by atoms with E-state index in [1.807, 2.05) is 0 Å². The predicted octanol–water partition coefficient (Wildman–Crippen LogP) is 4.69. The van der Waals surface area contributed by atoms with Crippen LogP contribution < -0.4 is 15.9 Å². The Labute approximate surface area is 184 Å². The van der Waals surface area contributed by atoms with Crippen LogP contribution in [0.15, 0.2) is 47.6 Å². The number of halogens is 4. The topological polar surface area (TPSA) is 95.1 Å². The third-order valence-corrected chi connectivity index (χ3v) is 5.55. The Morgan fingerprint density at radius 2 is 1.80 bits per heavy atom. The van der Waals surface area contributed by atoms with Crippen molar-refractivity contribution < 1.29 is 18.3 Å². The highest BCUT2D eigenvalue weighted by atomic mass is 35.5. The van der Waals surface area contributed by atoms with Gasteiger partial charge in [-0.2, -0.15) is 8.78 Å². The smallest absolute Gasteiger partial charge is 0.387 e. The average molecular weight is 474 g/mol. The first-order valence-corrected chi connectivity index (χ1v) is 10.1. The lowest BCUT2D eigenvalue weighted by Crippen LogP contribution is -2.24. The number of nitrogens with zero attached hydrogens (tertiary/aromatic N) is 3. The number of amides is 1. The molecule has 1 amide bonds. The lowest BCUT2D eigenvalue weighted by atomic mass is 10.2. The highest BCUT2D eigenvalue weighted by molar-refractivity contribution is 8.00. The minimum Gasteiger partial charge on any atom is -0.435 e. The molecule has 1 aromatic heterocycles. The molecule has 30 heavy (non-hydrogen) atoms. The van der Waals surface area contributed by atoms with Crippen molar-refractivity contribution in [2.24, 2.45) is 0 Å². The Bertz CT molecular complexity index is 1030. The maximum absolute atomic E-state index is 12.5. The largest absolute Gasteiger partial charge is 0.435 e. The second-order valence-electron chi connectivity index (χ2n) is 5.93. The number of alkyl halides is 2. The van der Waals surface area contributed by atoms with E-state index in [2.05, 4.69) is 20.3 Å². The lowest BCUT2D eigenvalue weighted by Gasteiger charge is -2.13. The monoisotopic (exact) mass is 473 g/mol. The SMILES string of the molecule is CC(Sc1nnc(-c2ccc(OC(F)F)cc2)n1N)C(=O)Nc1c(Cl)cccc1Cl. The Balaban J connectivity index is 1.70. The third-order valence-electron chi connectivity index (χ3n) is 3.86. The van der Waals surface area contributed by atoms with E-state index in [9.17, 15) is 13.6 Å². The maximum Gasteiger partial charge on any atom is 0.387 e. The standard InChI is InChI=1S/C18H15Cl2F2N5O2S/c1-9(16(28)24-14-12(19)3-2-4-13(14)20)30-18-26-25-15(27(18)23)10-5-7-11(8-6-10)29-17(21)22/h2-9,17H,23H2,1H3,(H,24,28). The van der Waals surface area contributed by atoms with Crippen molar-refractivity contribution in [1.82, 2.24) is 14.9 Å². The van der Waals surface area contributed by atoms with E-state index in [-0.39, 0.29) is 16.8 Å². The highest BCUT2D eigenvalue weighted by Gasteiger charge is 2.21. The molecule has 12 heteroatoms. The number of para-hydroxylation sites is 1. The third kappa shape index (κ3) is 5.13. The van der Waals surface area contributed by atoms with Gasteiger partial charge in [-0.3, -0.25) is 4.79 Å². The number of hydrogen-bond acceptors (Lipinski definition) is 6. The van der Waals surface area contributed by atoms with Crippen LogP contribution in [0.1, 0.15) is 6.92 Å². The summed E-state index contributed by atoms with van der Waals surface area (Å²) in [6, 6.07) is 10.7. The van der Waals surface area contributed by atoms with Gasteiger partial charge in [-0.05, 0) is 43.3 Å². The van der Waals surface area contributed by atoms with Crippen molar-refractivity contribution in [3.05, 3.63) is 52.5 Å². The Morgan fingerprint density at radius 1 is 1.17 bits per heavy atom. The molecule has 0 aliphatic rings. The van der Waals surface area contributed by atoms with Gasteiger partial charge in [0.2, 0.25) is 11.1 Å². The molecule has 0 spiro atoms. The summed E-state index contributed by atoms with van der Waals surface area (Å²) in [4.78, 5) is 12.5. The molecular weight excluding hydrogens is 459 g/mol. The van der Waals surface area contributed by atoms with Crippen LogP contribution >= 0.6 is 35.0 Å². The van der Waals surface area contributed by atoms with Crippen molar-refractivity contribution in [2.75, 3.05) is 11.2 Å². The van der Waals surface area contributed by atoms with E-state index in [0.29, 0.717) is 27.1 Å². The number of aromatic nitrogens is 3. The van der Waals surface area contributed by atoms with E-state index in [4.69, 9.17) is 29.0 Å². The number of nitrogen functional groups attached to an aromatic ring is 1. The van der Waals surface area contributed by atoms with E-state index in [0.717, 1.165) is 11.8 Å². The molecule has 3 aromatic rings. The molecule has 0 aliphatic carbocycles. The van der Waals surface area contributed by atoms with Crippen molar-refractivity contribution in [3.63, 3.8) is 0 Å². The maximum atomic E-state index is 12.5. The zero-order chi connectivity index (χ0) is 21.8. The summed E-state index contributed by atoms with van der Waals surface area (Å²) in [6.45, 7) is -1.25. The fraction of sp³-hybridized carbons (Fsp3) is 0.167. The molecule has 0 saturated carbocycles. The van der Waals surface area contributed by atoms with E-state index < -0.39 is 11.9 Å². The zero-order valence-corrected chi connectivity index (χ0v) is 17.7.